The summed E-state index contributed by atoms with van der Waals surface area (Å²) in [6.07, 6.45) is -0.380. The Bertz CT molecular complexity index is 394. The first kappa shape index (κ1) is 15.1. The third-order valence-corrected chi connectivity index (χ3v) is 3.47. The van der Waals surface area contributed by atoms with Gasteiger partial charge in [0.05, 0.1) is 12.6 Å². The molecule has 2 heterocycles. The Morgan fingerprint density at radius 2 is 2.10 bits per heavy atom. The monoisotopic (exact) mass is 285 g/mol. The highest BCUT2D eigenvalue weighted by molar-refractivity contribution is 5.84. The first-order chi connectivity index (χ1) is 9.30. The van der Waals surface area contributed by atoms with Crippen LogP contribution in [0.5, 0.6) is 0 Å². The van der Waals surface area contributed by atoms with Crippen LogP contribution in [0.4, 0.5) is 4.79 Å². The van der Waals surface area contributed by atoms with Crippen LogP contribution in [0.25, 0.3) is 0 Å². The van der Waals surface area contributed by atoms with E-state index >= 15 is 0 Å². The number of rotatable bonds is 1. The van der Waals surface area contributed by atoms with Crippen LogP contribution in [0, 0.1) is 0 Å². The molecule has 0 aromatic rings. The van der Waals surface area contributed by atoms with Crippen molar-refractivity contribution in [1.29, 1.82) is 0 Å². The Morgan fingerprint density at radius 1 is 1.40 bits per heavy atom. The molecule has 2 saturated heterocycles. The van der Waals surface area contributed by atoms with Crippen LogP contribution in [-0.2, 0) is 9.53 Å². The summed E-state index contributed by atoms with van der Waals surface area (Å²) in [6.45, 7) is 7.50. The number of aliphatic hydroxyl groups is 1. The average molecular weight is 285 g/mol. The Balaban J connectivity index is 1.97. The first-order valence-corrected chi connectivity index (χ1v) is 6.93. The van der Waals surface area contributed by atoms with Gasteiger partial charge in [0.25, 0.3) is 0 Å². The van der Waals surface area contributed by atoms with Crippen LogP contribution in [0.3, 0.4) is 0 Å². The van der Waals surface area contributed by atoms with E-state index in [2.05, 4.69) is 5.32 Å². The Kier molecular flexibility index (Phi) is 4.19. The zero-order chi connectivity index (χ0) is 14.9. The van der Waals surface area contributed by atoms with E-state index in [1.165, 1.54) is 0 Å². The van der Waals surface area contributed by atoms with Gasteiger partial charge in [0.2, 0.25) is 5.91 Å². The second-order valence-electron chi connectivity index (χ2n) is 6.33. The number of carbonyl (C=O) groups excluding carboxylic acids is 2. The van der Waals surface area contributed by atoms with Crippen molar-refractivity contribution >= 4 is 12.0 Å². The summed E-state index contributed by atoms with van der Waals surface area (Å²) in [6, 6.07) is -0.564. The molecule has 0 bridgehead atoms. The lowest BCUT2D eigenvalue weighted by Gasteiger charge is -2.45. The van der Waals surface area contributed by atoms with Gasteiger partial charge >= 0.3 is 6.09 Å². The quantitative estimate of drug-likeness (QED) is 0.672. The number of nitrogens with one attached hydrogen (secondary N) is 1. The summed E-state index contributed by atoms with van der Waals surface area (Å²) in [5, 5.41) is 11.9. The lowest BCUT2D eigenvalue weighted by Crippen LogP contribution is -2.68. The van der Waals surface area contributed by atoms with E-state index in [0.717, 1.165) is 0 Å². The van der Waals surface area contributed by atoms with E-state index in [4.69, 9.17) is 9.84 Å². The van der Waals surface area contributed by atoms with Gasteiger partial charge in [-0.1, -0.05) is 0 Å². The fraction of sp³-hybridized carbons (Fsp3) is 0.846. The van der Waals surface area contributed by atoms with Crippen molar-refractivity contribution in [3.63, 3.8) is 0 Å². The molecule has 7 heteroatoms. The number of aliphatic hydroxyl groups excluding tert-OH is 1. The van der Waals surface area contributed by atoms with E-state index in [9.17, 15) is 9.59 Å². The molecule has 0 radical (unpaired) electrons. The zero-order valence-electron chi connectivity index (χ0n) is 12.3. The Morgan fingerprint density at radius 3 is 2.70 bits per heavy atom. The summed E-state index contributed by atoms with van der Waals surface area (Å²) in [5.41, 5.74) is -0.537. The van der Waals surface area contributed by atoms with Gasteiger partial charge in [-0.15, -0.1) is 0 Å². The minimum atomic E-state index is -0.537. The minimum absolute atomic E-state index is 0.0647. The van der Waals surface area contributed by atoms with E-state index in [0.29, 0.717) is 26.2 Å². The molecule has 114 valence electrons. The molecule has 0 aromatic carbocycles. The second-order valence-corrected chi connectivity index (χ2v) is 6.33. The van der Waals surface area contributed by atoms with Crippen molar-refractivity contribution in [2.45, 2.75) is 38.5 Å². The zero-order valence-corrected chi connectivity index (χ0v) is 12.3. The number of amides is 2. The third kappa shape index (κ3) is 3.40. The smallest absolute Gasteiger partial charge is 0.410 e. The number of fused-ring (bicyclic) bond motifs is 1. The predicted octanol–water partition coefficient (Wildman–Crippen LogP) is -0.602. The van der Waals surface area contributed by atoms with Crippen LogP contribution in [0.15, 0.2) is 0 Å². The van der Waals surface area contributed by atoms with E-state index in [-0.39, 0.29) is 30.7 Å². The van der Waals surface area contributed by atoms with Gasteiger partial charge in [0.15, 0.2) is 0 Å². The van der Waals surface area contributed by atoms with Crippen LogP contribution >= 0.6 is 0 Å². The molecular weight excluding hydrogens is 262 g/mol. The standard InChI is InChI=1S/C13H23N3O4/c1-13(2,3)20-12(19)16-5-4-15-6-9(8-17)14-11(18)10(15)7-16/h9-10,17H,4-8H2,1-3H3,(H,14,18)/t9-,10?/m0/s1. The molecule has 2 atom stereocenters. The van der Waals surface area contributed by atoms with Crippen molar-refractivity contribution in [2.75, 3.05) is 32.8 Å². The van der Waals surface area contributed by atoms with Gasteiger partial charge < -0.3 is 20.1 Å². The summed E-state index contributed by atoms with van der Waals surface area (Å²) < 4.78 is 5.33. The second kappa shape index (κ2) is 5.57. The first-order valence-electron chi connectivity index (χ1n) is 6.93. The molecule has 2 fully saturated rings. The van der Waals surface area contributed by atoms with E-state index < -0.39 is 5.60 Å². The van der Waals surface area contributed by atoms with Crippen molar-refractivity contribution in [1.82, 2.24) is 15.1 Å². The van der Waals surface area contributed by atoms with Gasteiger partial charge in [0, 0.05) is 26.2 Å². The number of carbonyl (C=O) groups is 2. The molecule has 2 N–H and O–H groups in total. The van der Waals surface area contributed by atoms with Crippen molar-refractivity contribution in [3.05, 3.63) is 0 Å². The van der Waals surface area contributed by atoms with E-state index in [1.807, 2.05) is 25.7 Å². The molecule has 2 rings (SSSR count). The summed E-state index contributed by atoms with van der Waals surface area (Å²) >= 11 is 0. The number of piperazine rings is 2. The molecule has 20 heavy (non-hydrogen) atoms. The van der Waals surface area contributed by atoms with Gasteiger partial charge in [-0.2, -0.15) is 0 Å². The molecule has 2 aliphatic heterocycles. The summed E-state index contributed by atoms with van der Waals surface area (Å²) in [4.78, 5) is 27.6. The van der Waals surface area contributed by atoms with E-state index in [1.54, 1.807) is 4.90 Å². The molecule has 2 amide bonds. The third-order valence-electron chi connectivity index (χ3n) is 3.47. The lowest BCUT2D eigenvalue weighted by atomic mass is 10.1. The SMILES string of the molecule is CC(C)(C)OC(=O)N1CCN2C[C@@H](CO)NC(=O)C2C1. The predicted molar refractivity (Wildman–Crippen MR) is 72.2 cm³/mol. The number of hydrogen-bond acceptors (Lipinski definition) is 5. The van der Waals surface area contributed by atoms with Crippen molar-refractivity contribution in [3.8, 4) is 0 Å². The number of nitrogens with zero attached hydrogens (tertiary/aromatic N) is 2. The van der Waals surface area contributed by atoms with Gasteiger partial charge in [0.1, 0.15) is 11.6 Å². The fourth-order valence-corrected chi connectivity index (χ4v) is 2.51. The highest BCUT2D eigenvalue weighted by Gasteiger charge is 2.40. The maximum Gasteiger partial charge on any atom is 0.410 e. The topological polar surface area (TPSA) is 82.1 Å². The molecule has 7 nitrogen and oxygen atoms in total. The Labute approximate surface area is 118 Å². The normalized spacial score (nSPS) is 27.8. The van der Waals surface area contributed by atoms with Crippen LogP contribution in [0.1, 0.15) is 20.8 Å². The Hall–Kier alpha value is -1.34. The summed E-state index contributed by atoms with van der Waals surface area (Å²) in [7, 11) is 0. The van der Waals surface area contributed by atoms with Crippen LogP contribution < -0.4 is 5.32 Å². The number of hydrogen-bond donors (Lipinski definition) is 2. The highest BCUT2D eigenvalue weighted by Crippen LogP contribution is 2.17. The largest absolute Gasteiger partial charge is 0.444 e. The molecule has 0 spiro atoms. The maximum atomic E-state index is 12.0. The minimum Gasteiger partial charge on any atom is -0.444 e. The number of ether oxygens (including phenoxy) is 1. The van der Waals surface area contributed by atoms with Gasteiger partial charge in [-0.25, -0.2) is 4.79 Å². The molecule has 2 aliphatic rings. The summed E-state index contributed by atoms with van der Waals surface area (Å²) in [5.74, 6) is -0.136. The van der Waals surface area contributed by atoms with Crippen molar-refractivity contribution < 1.29 is 19.4 Å². The molecule has 1 unspecified atom stereocenters. The lowest BCUT2D eigenvalue weighted by molar-refractivity contribution is -0.134. The van der Waals surface area contributed by atoms with Crippen LogP contribution in [0.2, 0.25) is 0 Å². The maximum absolute atomic E-state index is 12.0. The van der Waals surface area contributed by atoms with Crippen LogP contribution in [-0.4, -0.2) is 77.4 Å². The molecule has 0 aromatic heterocycles. The molecular formula is C13H23N3O4. The van der Waals surface area contributed by atoms with Gasteiger partial charge in [-0.3, -0.25) is 9.69 Å². The highest BCUT2D eigenvalue weighted by atomic mass is 16.6. The van der Waals surface area contributed by atoms with Crippen molar-refractivity contribution in [2.24, 2.45) is 0 Å². The molecule has 0 aliphatic carbocycles. The average Bonchev–Trinajstić information content (AvgIpc) is 2.36. The fourth-order valence-electron chi connectivity index (χ4n) is 2.51. The molecule has 0 saturated carbocycles. The van der Waals surface area contributed by atoms with Gasteiger partial charge in [-0.05, 0) is 20.8 Å².